The number of para-hydroxylation sites is 2. The van der Waals surface area contributed by atoms with Crippen molar-refractivity contribution < 1.29 is 4.79 Å². The van der Waals surface area contributed by atoms with Gasteiger partial charge >= 0.3 is 0 Å². The van der Waals surface area contributed by atoms with Crippen LogP contribution in [0.15, 0.2) is 48.5 Å². The number of tetrazole rings is 1. The first-order chi connectivity index (χ1) is 12.7. The Labute approximate surface area is 158 Å². The molecule has 0 aliphatic rings. The summed E-state index contributed by atoms with van der Waals surface area (Å²) < 4.78 is 2.60. The van der Waals surface area contributed by atoms with Gasteiger partial charge < -0.3 is 5.32 Å². The van der Waals surface area contributed by atoms with Crippen LogP contribution >= 0.6 is 22.9 Å². The number of carbonyl (C=O) groups is 1. The molecule has 2 aromatic heterocycles. The Kier molecular flexibility index (Phi) is 4.40. The van der Waals surface area contributed by atoms with E-state index in [0.29, 0.717) is 33.5 Å². The van der Waals surface area contributed by atoms with Gasteiger partial charge in [0.25, 0.3) is 5.91 Å². The van der Waals surface area contributed by atoms with Gasteiger partial charge in [0.2, 0.25) is 0 Å². The van der Waals surface area contributed by atoms with Crippen molar-refractivity contribution in [3.8, 4) is 5.69 Å². The maximum Gasteiger partial charge on any atom is 0.267 e. The number of rotatable bonds is 4. The van der Waals surface area contributed by atoms with Crippen molar-refractivity contribution in [1.82, 2.24) is 20.2 Å². The van der Waals surface area contributed by atoms with Gasteiger partial charge in [0.1, 0.15) is 4.88 Å². The minimum absolute atomic E-state index is 0.255. The van der Waals surface area contributed by atoms with E-state index in [9.17, 15) is 4.79 Å². The highest BCUT2D eigenvalue weighted by Gasteiger charge is 2.19. The summed E-state index contributed by atoms with van der Waals surface area (Å²) in [5.74, 6) is 0.460. The predicted molar refractivity (Wildman–Crippen MR) is 103 cm³/mol. The molecular weight excluding hydrogens is 370 g/mol. The lowest BCUT2D eigenvalue weighted by atomic mass is 10.2. The van der Waals surface area contributed by atoms with E-state index in [0.717, 1.165) is 10.1 Å². The number of hydrogen-bond acceptors (Lipinski definition) is 5. The van der Waals surface area contributed by atoms with E-state index < -0.39 is 0 Å². The van der Waals surface area contributed by atoms with Crippen LogP contribution in [-0.4, -0.2) is 26.1 Å². The van der Waals surface area contributed by atoms with Gasteiger partial charge in [-0.15, -0.1) is 16.4 Å². The number of carbonyl (C=O) groups excluding carboxylic acids is 1. The molecule has 1 amide bonds. The van der Waals surface area contributed by atoms with E-state index in [1.165, 1.54) is 11.3 Å². The van der Waals surface area contributed by atoms with Crippen molar-refractivity contribution in [3.05, 3.63) is 64.3 Å². The van der Waals surface area contributed by atoms with Gasteiger partial charge in [0.15, 0.2) is 5.82 Å². The third-order valence-corrected chi connectivity index (χ3v) is 5.65. The Balaban J connectivity index is 1.71. The fourth-order valence-electron chi connectivity index (χ4n) is 2.72. The normalized spacial score (nSPS) is 11.0. The highest BCUT2D eigenvalue weighted by atomic mass is 35.5. The van der Waals surface area contributed by atoms with Crippen molar-refractivity contribution >= 4 is 44.6 Å². The molecule has 0 bridgehead atoms. The summed E-state index contributed by atoms with van der Waals surface area (Å²) in [6.07, 6.45) is 0.678. The topological polar surface area (TPSA) is 72.7 Å². The van der Waals surface area contributed by atoms with Crippen molar-refractivity contribution in [3.63, 3.8) is 0 Å². The van der Waals surface area contributed by atoms with Crippen LogP contribution in [0.3, 0.4) is 0 Å². The smallest absolute Gasteiger partial charge is 0.267 e. The van der Waals surface area contributed by atoms with Crippen molar-refractivity contribution in [1.29, 1.82) is 0 Å². The fraction of sp³-hybridized carbons (Fsp3) is 0.111. The van der Waals surface area contributed by atoms with Gasteiger partial charge in [-0.3, -0.25) is 4.79 Å². The van der Waals surface area contributed by atoms with Gasteiger partial charge in [-0.2, -0.15) is 4.68 Å². The highest BCUT2D eigenvalue weighted by Crippen LogP contribution is 2.35. The van der Waals surface area contributed by atoms with E-state index in [-0.39, 0.29) is 5.91 Å². The molecule has 2 aromatic carbocycles. The van der Waals surface area contributed by atoms with Crippen LogP contribution in [0.25, 0.3) is 15.8 Å². The molecule has 2 heterocycles. The van der Waals surface area contributed by atoms with Gasteiger partial charge in [0, 0.05) is 16.5 Å². The highest BCUT2D eigenvalue weighted by molar-refractivity contribution is 7.21. The number of amides is 1. The van der Waals surface area contributed by atoms with Crippen LogP contribution in [0.2, 0.25) is 5.02 Å². The number of anilines is 1. The van der Waals surface area contributed by atoms with E-state index in [1.807, 2.05) is 55.5 Å². The largest absolute Gasteiger partial charge is 0.319 e. The molecule has 8 heteroatoms. The number of hydrogen-bond donors (Lipinski definition) is 1. The second-order valence-corrected chi connectivity index (χ2v) is 7.00. The standard InChI is InChI=1S/C18H14ClN5OS/c1-2-15-21-22-23-24(15)13-9-5-4-8-12(13)20-18(25)17-16(19)11-7-3-6-10-14(11)26-17/h3-10H,2H2,1H3,(H,20,25). The number of aromatic nitrogens is 4. The summed E-state index contributed by atoms with van der Waals surface area (Å²) in [4.78, 5) is 13.3. The lowest BCUT2D eigenvalue weighted by Gasteiger charge is -2.11. The minimum Gasteiger partial charge on any atom is -0.319 e. The Bertz CT molecular complexity index is 1100. The quantitative estimate of drug-likeness (QED) is 0.568. The van der Waals surface area contributed by atoms with Crippen molar-refractivity contribution in [2.75, 3.05) is 5.32 Å². The molecule has 0 aliphatic heterocycles. The van der Waals surface area contributed by atoms with Crippen molar-refractivity contribution in [2.45, 2.75) is 13.3 Å². The third-order valence-electron chi connectivity index (χ3n) is 3.97. The van der Waals surface area contributed by atoms with E-state index in [1.54, 1.807) is 4.68 Å². The average molecular weight is 384 g/mol. The Hall–Kier alpha value is -2.77. The van der Waals surface area contributed by atoms with Crippen LogP contribution in [0.1, 0.15) is 22.4 Å². The molecule has 0 atom stereocenters. The number of thiophene rings is 1. The fourth-order valence-corrected chi connectivity index (χ4v) is 4.13. The van der Waals surface area contributed by atoms with Crippen LogP contribution in [0.5, 0.6) is 0 Å². The first-order valence-corrected chi connectivity index (χ1v) is 9.23. The zero-order valence-electron chi connectivity index (χ0n) is 13.8. The van der Waals surface area contributed by atoms with Crippen LogP contribution < -0.4 is 5.32 Å². The van der Waals surface area contributed by atoms with Crippen LogP contribution in [-0.2, 0) is 6.42 Å². The monoisotopic (exact) mass is 383 g/mol. The number of benzene rings is 2. The number of fused-ring (bicyclic) bond motifs is 1. The Morgan fingerprint density at radius 3 is 2.77 bits per heavy atom. The lowest BCUT2D eigenvalue weighted by Crippen LogP contribution is -2.14. The molecule has 0 fully saturated rings. The molecule has 0 spiro atoms. The zero-order valence-corrected chi connectivity index (χ0v) is 15.4. The lowest BCUT2D eigenvalue weighted by molar-refractivity contribution is 0.103. The molecule has 0 radical (unpaired) electrons. The first kappa shape index (κ1) is 16.7. The van der Waals surface area contributed by atoms with Gasteiger partial charge in [-0.1, -0.05) is 48.9 Å². The van der Waals surface area contributed by atoms with Gasteiger partial charge in [-0.25, -0.2) is 0 Å². The molecule has 0 aliphatic carbocycles. The summed E-state index contributed by atoms with van der Waals surface area (Å²) in [5, 5.41) is 16.0. The molecule has 6 nitrogen and oxygen atoms in total. The summed E-state index contributed by atoms with van der Waals surface area (Å²) in [7, 11) is 0. The molecule has 4 aromatic rings. The Morgan fingerprint density at radius 1 is 1.19 bits per heavy atom. The molecule has 0 saturated heterocycles. The number of halogens is 1. The van der Waals surface area contributed by atoms with E-state index >= 15 is 0 Å². The van der Waals surface area contributed by atoms with Crippen LogP contribution in [0.4, 0.5) is 5.69 Å². The van der Waals surface area contributed by atoms with Gasteiger partial charge in [0.05, 0.1) is 16.4 Å². The molecule has 26 heavy (non-hydrogen) atoms. The first-order valence-electron chi connectivity index (χ1n) is 8.04. The molecule has 0 unspecified atom stereocenters. The van der Waals surface area contributed by atoms with E-state index in [2.05, 4.69) is 20.8 Å². The predicted octanol–water partition coefficient (Wildman–Crippen LogP) is 4.35. The summed E-state index contributed by atoms with van der Waals surface area (Å²) in [5.41, 5.74) is 1.33. The maximum absolute atomic E-state index is 12.8. The number of nitrogens with one attached hydrogen (secondary N) is 1. The third kappa shape index (κ3) is 2.85. The summed E-state index contributed by atoms with van der Waals surface area (Å²) >= 11 is 7.79. The summed E-state index contributed by atoms with van der Waals surface area (Å²) in [6.45, 7) is 1.97. The Morgan fingerprint density at radius 2 is 1.96 bits per heavy atom. The molecule has 1 N–H and O–H groups in total. The van der Waals surface area contributed by atoms with Crippen LogP contribution in [0, 0.1) is 0 Å². The second-order valence-electron chi connectivity index (χ2n) is 5.57. The molecular formula is C18H14ClN5OS. The second kappa shape index (κ2) is 6.86. The minimum atomic E-state index is -0.255. The number of nitrogens with zero attached hydrogens (tertiary/aromatic N) is 4. The molecule has 4 rings (SSSR count). The number of aryl methyl sites for hydroxylation is 1. The zero-order chi connectivity index (χ0) is 18.1. The maximum atomic E-state index is 12.8. The average Bonchev–Trinajstić information content (AvgIpc) is 3.27. The molecule has 130 valence electrons. The van der Waals surface area contributed by atoms with Crippen molar-refractivity contribution in [2.24, 2.45) is 0 Å². The van der Waals surface area contributed by atoms with E-state index in [4.69, 9.17) is 11.6 Å². The summed E-state index contributed by atoms with van der Waals surface area (Å²) in [6, 6.07) is 15.1. The van der Waals surface area contributed by atoms with Gasteiger partial charge in [-0.05, 0) is 28.6 Å². The molecule has 0 saturated carbocycles. The SMILES string of the molecule is CCc1nnnn1-c1ccccc1NC(=O)c1sc2ccccc2c1Cl.